The van der Waals surface area contributed by atoms with Crippen LogP contribution in [0.15, 0.2) is 12.4 Å². The number of methoxy groups -OCH3 is 4. The highest BCUT2D eigenvalue weighted by atomic mass is 16.7. The Morgan fingerprint density at radius 1 is 1.00 bits per heavy atom. The molecule has 1 aromatic heterocycles. The lowest BCUT2D eigenvalue weighted by Crippen LogP contribution is -2.44. The summed E-state index contributed by atoms with van der Waals surface area (Å²) in [6.45, 7) is 0.142. The molecule has 134 valence electrons. The number of carbonyl (C=O) groups is 2. The van der Waals surface area contributed by atoms with E-state index in [-0.39, 0.29) is 24.5 Å². The summed E-state index contributed by atoms with van der Waals surface area (Å²) in [6.07, 6.45) is -0.337. The van der Waals surface area contributed by atoms with Crippen molar-refractivity contribution in [3.63, 3.8) is 0 Å². The van der Waals surface area contributed by atoms with Crippen LogP contribution in [0.3, 0.4) is 0 Å². The van der Waals surface area contributed by atoms with Gasteiger partial charge in [0.2, 0.25) is 0 Å². The smallest absolute Gasteiger partial charge is 0.354 e. The highest BCUT2D eigenvalue weighted by Crippen LogP contribution is 2.08. The van der Waals surface area contributed by atoms with Crippen LogP contribution in [-0.4, -0.2) is 86.0 Å². The van der Waals surface area contributed by atoms with Gasteiger partial charge in [-0.2, -0.15) is 0 Å². The molecule has 0 aliphatic carbocycles. The molecule has 1 rings (SSSR count). The number of hydrogen-bond acceptors (Lipinski definition) is 8. The van der Waals surface area contributed by atoms with Crippen LogP contribution in [0.25, 0.3) is 0 Å². The van der Waals surface area contributed by atoms with Crippen molar-refractivity contribution in [3.8, 4) is 0 Å². The van der Waals surface area contributed by atoms with Gasteiger partial charge in [0.25, 0.3) is 5.91 Å². The number of nitrogens with zero attached hydrogens (tertiary/aromatic N) is 3. The molecule has 1 amide bonds. The number of carboxylic acids is 1. The Kier molecular flexibility index (Phi) is 8.19. The van der Waals surface area contributed by atoms with Crippen LogP contribution >= 0.6 is 0 Å². The molecule has 0 aromatic carbocycles. The van der Waals surface area contributed by atoms with Crippen LogP contribution in [0.2, 0.25) is 0 Å². The molecular weight excluding hydrogens is 322 g/mol. The van der Waals surface area contributed by atoms with Gasteiger partial charge < -0.3 is 29.0 Å². The van der Waals surface area contributed by atoms with Gasteiger partial charge in [0, 0.05) is 34.5 Å². The fraction of sp³-hybridized carbons (Fsp3) is 0.571. The first-order chi connectivity index (χ1) is 11.5. The third-order valence-corrected chi connectivity index (χ3v) is 3.18. The average molecular weight is 343 g/mol. The molecule has 0 aliphatic heterocycles. The highest BCUT2D eigenvalue weighted by molar-refractivity contribution is 5.95. The summed E-state index contributed by atoms with van der Waals surface area (Å²) in [7, 11) is 5.75. The number of aromatic nitrogens is 2. The fourth-order valence-corrected chi connectivity index (χ4v) is 1.84. The molecule has 0 atom stereocenters. The predicted molar refractivity (Wildman–Crippen MR) is 80.5 cm³/mol. The zero-order valence-electron chi connectivity index (χ0n) is 14.0. The average Bonchev–Trinajstić information content (AvgIpc) is 2.61. The molecule has 24 heavy (non-hydrogen) atoms. The standard InChI is InChI=1S/C14H21N3O7/c1-21-11(22-2)6-17(7-12(23-3)24-4)13(18)9-5-10(14(19)20)16-8-15-9/h5,8,11-12H,6-7H2,1-4H3,(H,19,20). The maximum Gasteiger partial charge on any atom is 0.354 e. The van der Waals surface area contributed by atoms with Crippen LogP contribution in [0.4, 0.5) is 0 Å². The summed E-state index contributed by atoms with van der Waals surface area (Å²) in [4.78, 5) is 32.4. The van der Waals surface area contributed by atoms with Crippen LogP contribution in [0, 0.1) is 0 Å². The molecule has 0 bridgehead atoms. The Labute approximate surface area is 139 Å². The second-order valence-corrected chi connectivity index (χ2v) is 4.61. The number of aromatic carboxylic acids is 1. The number of carbonyl (C=O) groups excluding carboxylic acids is 1. The molecular formula is C14H21N3O7. The fourth-order valence-electron chi connectivity index (χ4n) is 1.84. The second kappa shape index (κ2) is 9.88. The minimum atomic E-state index is -1.25. The quantitative estimate of drug-likeness (QED) is 0.578. The normalized spacial score (nSPS) is 11.1. The van der Waals surface area contributed by atoms with Gasteiger partial charge in [-0.25, -0.2) is 14.8 Å². The molecule has 0 unspecified atom stereocenters. The van der Waals surface area contributed by atoms with Crippen molar-refractivity contribution in [2.75, 3.05) is 41.5 Å². The van der Waals surface area contributed by atoms with Crippen molar-refractivity contribution in [1.82, 2.24) is 14.9 Å². The van der Waals surface area contributed by atoms with Gasteiger partial charge >= 0.3 is 5.97 Å². The van der Waals surface area contributed by atoms with Gasteiger partial charge in [0.15, 0.2) is 18.3 Å². The minimum absolute atomic E-state index is 0.0701. The van der Waals surface area contributed by atoms with Gasteiger partial charge in [-0.1, -0.05) is 0 Å². The monoisotopic (exact) mass is 343 g/mol. The van der Waals surface area contributed by atoms with Crippen molar-refractivity contribution in [1.29, 1.82) is 0 Å². The zero-order chi connectivity index (χ0) is 18.1. The number of rotatable bonds is 10. The summed E-state index contributed by atoms with van der Waals surface area (Å²) in [5.74, 6) is -1.78. The Morgan fingerprint density at radius 3 is 1.88 bits per heavy atom. The first-order valence-corrected chi connectivity index (χ1v) is 6.92. The SMILES string of the molecule is COC(CN(CC(OC)OC)C(=O)c1cc(C(=O)O)ncn1)OC. The minimum Gasteiger partial charge on any atom is -0.477 e. The molecule has 1 N–H and O–H groups in total. The van der Waals surface area contributed by atoms with E-state index in [2.05, 4.69) is 9.97 Å². The topological polar surface area (TPSA) is 120 Å². The lowest BCUT2D eigenvalue weighted by Gasteiger charge is -2.28. The van der Waals surface area contributed by atoms with E-state index in [0.29, 0.717) is 0 Å². The Bertz CT molecular complexity index is 533. The molecule has 0 fully saturated rings. The molecule has 0 saturated carbocycles. The second-order valence-electron chi connectivity index (χ2n) is 4.61. The van der Waals surface area contributed by atoms with Gasteiger partial charge in [-0.3, -0.25) is 4.79 Å². The lowest BCUT2D eigenvalue weighted by molar-refractivity contribution is -0.137. The maximum absolute atomic E-state index is 12.7. The molecule has 0 spiro atoms. The summed E-state index contributed by atoms with van der Waals surface area (Å²) in [5, 5.41) is 8.98. The molecule has 10 heteroatoms. The van der Waals surface area contributed by atoms with E-state index in [1.165, 1.54) is 33.3 Å². The zero-order valence-corrected chi connectivity index (χ0v) is 14.0. The van der Waals surface area contributed by atoms with Crippen LogP contribution in [-0.2, 0) is 18.9 Å². The van der Waals surface area contributed by atoms with E-state index in [4.69, 9.17) is 24.1 Å². The van der Waals surface area contributed by atoms with Crippen molar-refractivity contribution in [3.05, 3.63) is 23.8 Å². The maximum atomic E-state index is 12.7. The van der Waals surface area contributed by atoms with E-state index < -0.39 is 24.5 Å². The van der Waals surface area contributed by atoms with E-state index in [0.717, 1.165) is 12.4 Å². The van der Waals surface area contributed by atoms with Crippen molar-refractivity contribution in [2.45, 2.75) is 12.6 Å². The third kappa shape index (κ3) is 5.49. The summed E-state index contributed by atoms with van der Waals surface area (Å²) >= 11 is 0. The Morgan fingerprint density at radius 2 is 1.46 bits per heavy atom. The van der Waals surface area contributed by atoms with E-state index >= 15 is 0 Å². The predicted octanol–water partition coefficient (Wildman–Crippen LogP) is -0.145. The van der Waals surface area contributed by atoms with E-state index in [1.54, 1.807) is 0 Å². The number of hydrogen-bond donors (Lipinski definition) is 1. The molecule has 1 heterocycles. The summed E-state index contributed by atoms with van der Waals surface area (Å²) in [5.41, 5.74) is -0.349. The molecule has 10 nitrogen and oxygen atoms in total. The Hall–Kier alpha value is -2.14. The Balaban J connectivity index is 3.05. The molecule has 0 aliphatic rings. The van der Waals surface area contributed by atoms with E-state index in [9.17, 15) is 9.59 Å². The highest BCUT2D eigenvalue weighted by Gasteiger charge is 2.25. The number of carboxylic acid groups (broad SMARTS) is 1. The largest absolute Gasteiger partial charge is 0.477 e. The number of amides is 1. The van der Waals surface area contributed by atoms with Gasteiger partial charge in [0.05, 0.1) is 13.1 Å². The summed E-state index contributed by atoms with van der Waals surface area (Å²) < 4.78 is 20.4. The summed E-state index contributed by atoms with van der Waals surface area (Å²) in [6, 6.07) is 1.10. The van der Waals surface area contributed by atoms with Gasteiger partial charge in [-0.15, -0.1) is 0 Å². The van der Waals surface area contributed by atoms with Gasteiger partial charge in [-0.05, 0) is 0 Å². The van der Waals surface area contributed by atoms with Crippen LogP contribution < -0.4 is 0 Å². The molecule has 0 radical (unpaired) electrons. The molecule has 0 saturated heterocycles. The third-order valence-electron chi connectivity index (χ3n) is 3.18. The van der Waals surface area contributed by atoms with Crippen molar-refractivity contribution in [2.24, 2.45) is 0 Å². The van der Waals surface area contributed by atoms with Gasteiger partial charge in [0.1, 0.15) is 12.0 Å². The van der Waals surface area contributed by atoms with E-state index in [1.807, 2.05) is 0 Å². The first kappa shape index (κ1) is 19.9. The first-order valence-electron chi connectivity index (χ1n) is 6.92. The van der Waals surface area contributed by atoms with Crippen molar-refractivity contribution >= 4 is 11.9 Å². The van der Waals surface area contributed by atoms with Crippen LogP contribution in [0.5, 0.6) is 0 Å². The van der Waals surface area contributed by atoms with Crippen molar-refractivity contribution < 1.29 is 33.6 Å². The number of ether oxygens (including phenoxy) is 4. The lowest BCUT2D eigenvalue weighted by atomic mass is 10.2. The van der Waals surface area contributed by atoms with Crippen LogP contribution in [0.1, 0.15) is 21.0 Å². The molecule has 1 aromatic rings.